The number of nitrogens with zero attached hydrogens (tertiary/aromatic N) is 1. The van der Waals surface area contributed by atoms with Crippen molar-refractivity contribution in [3.8, 4) is 5.75 Å². The van der Waals surface area contributed by atoms with Crippen LogP contribution in [0.4, 0.5) is 10.1 Å². The van der Waals surface area contributed by atoms with Crippen molar-refractivity contribution in [2.45, 2.75) is 37.8 Å². The Hall–Kier alpha value is -2.11. The number of ether oxygens (including phenoxy) is 2. The average Bonchev–Trinajstić information content (AvgIpc) is 3.23. The van der Waals surface area contributed by atoms with Crippen molar-refractivity contribution < 1.29 is 13.9 Å². The molecule has 2 aromatic carbocycles. The Morgan fingerprint density at radius 1 is 1.11 bits per heavy atom. The van der Waals surface area contributed by atoms with Crippen molar-refractivity contribution in [2.24, 2.45) is 0 Å². The number of rotatable bonds is 6. The zero-order valence-electron chi connectivity index (χ0n) is 16.5. The number of nitrogens with one attached hydrogen (secondary N) is 1. The van der Waals surface area contributed by atoms with Gasteiger partial charge in [0, 0.05) is 48.1 Å². The fourth-order valence-corrected chi connectivity index (χ4v) is 4.53. The zero-order valence-corrected chi connectivity index (χ0v) is 16.5. The summed E-state index contributed by atoms with van der Waals surface area (Å²) >= 11 is 0. The number of hydrogen-bond donors (Lipinski definition) is 1. The highest BCUT2D eigenvalue weighted by Gasteiger charge is 2.37. The fraction of sp³-hybridized carbons (Fsp3) is 0.478. The molecule has 0 spiro atoms. The molecule has 0 bridgehead atoms. The topological polar surface area (TPSA) is 33.7 Å². The molecule has 0 atom stereocenters. The minimum Gasteiger partial charge on any atom is -0.496 e. The first-order valence-electron chi connectivity index (χ1n) is 10.2. The number of hydrogen-bond acceptors (Lipinski definition) is 4. The molecule has 1 saturated carbocycles. The molecule has 2 aromatic rings. The minimum atomic E-state index is -0.292. The normalized spacial score (nSPS) is 19.0. The molecular weight excluding hydrogens is 355 g/mol. The zero-order chi connectivity index (χ0) is 19.4. The van der Waals surface area contributed by atoms with Gasteiger partial charge in [-0.15, -0.1) is 0 Å². The van der Waals surface area contributed by atoms with Crippen LogP contribution in [0.5, 0.6) is 5.75 Å². The van der Waals surface area contributed by atoms with E-state index in [4.69, 9.17) is 9.47 Å². The lowest BCUT2D eigenvalue weighted by Crippen LogP contribution is -2.40. The van der Waals surface area contributed by atoms with E-state index in [-0.39, 0.29) is 11.4 Å². The Balaban J connectivity index is 1.54. The lowest BCUT2D eigenvalue weighted by molar-refractivity contribution is 0.122. The van der Waals surface area contributed by atoms with Gasteiger partial charge in [0.15, 0.2) is 0 Å². The SMILES string of the molecule is COc1cc(N2CCOCC2)ccc1CNC1(c2ccccc2F)CCCC1. The van der Waals surface area contributed by atoms with E-state index in [1.54, 1.807) is 19.2 Å². The molecule has 1 saturated heterocycles. The Labute approximate surface area is 166 Å². The fourth-order valence-electron chi connectivity index (χ4n) is 4.53. The van der Waals surface area contributed by atoms with Crippen LogP contribution < -0.4 is 15.0 Å². The lowest BCUT2D eigenvalue weighted by Gasteiger charge is -2.32. The monoisotopic (exact) mass is 384 g/mol. The van der Waals surface area contributed by atoms with E-state index in [0.717, 1.165) is 74.6 Å². The van der Waals surface area contributed by atoms with E-state index in [2.05, 4.69) is 28.4 Å². The van der Waals surface area contributed by atoms with E-state index < -0.39 is 0 Å². The summed E-state index contributed by atoms with van der Waals surface area (Å²) in [6.45, 7) is 3.97. The Bertz CT molecular complexity index is 799. The second-order valence-corrected chi connectivity index (χ2v) is 7.72. The summed E-state index contributed by atoms with van der Waals surface area (Å²) in [6, 6.07) is 13.6. The van der Waals surface area contributed by atoms with Gasteiger partial charge in [0.1, 0.15) is 11.6 Å². The van der Waals surface area contributed by atoms with Crippen LogP contribution in [-0.2, 0) is 16.8 Å². The molecule has 28 heavy (non-hydrogen) atoms. The van der Waals surface area contributed by atoms with E-state index >= 15 is 0 Å². The van der Waals surface area contributed by atoms with Crippen molar-refractivity contribution in [1.29, 1.82) is 0 Å². The molecule has 1 N–H and O–H groups in total. The van der Waals surface area contributed by atoms with Gasteiger partial charge in [-0.25, -0.2) is 4.39 Å². The summed E-state index contributed by atoms with van der Waals surface area (Å²) in [7, 11) is 1.71. The molecule has 1 heterocycles. The summed E-state index contributed by atoms with van der Waals surface area (Å²) in [5, 5.41) is 3.69. The molecule has 2 fully saturated rings. The number of halogens is 1. The van der Waals surface area contributed by atoms with E-state index in [0.29, 0.717) is 6.54 Å². The van der Waals surface area contributed by atoms with Gasteiger partial charge in [-0.2, -0.15) is 0 Å². The van der Waals surface area contributed by atoms with E-state index in [9.17, 15) is 4.39 Å². The number of morpholine rings is 1. The molecule has 2 aliphatic rings. The van der Waals surface area contributed by atoms with Crippen LogP contribution in [0.15, 0.2) is 42.5 Å². The lowest BCUT2D eigenvalue weighted by atomic mass is 9.87. The average molecular weight is 384 g/mol. The maximum atomic E-state index is 14.5. The smallest absolute Gasteiger partial charge is 0.128 e. The maximum Gasteiger partial charge on any atom is 0.128 e. The van der Waals surface area contributed by atoms with Crippen LogP contribution in [-0.4, -0.2) is 33.4 Å². The highest BCUT2D eigenvalue weighted by atomic mass is 19.1. The third-order valence-corrected chi connectivity index (χ3v) is 6.11. The molecular formula is C23H29FN2O2. The summed E-state index contributed by atoms with van der Waals surface area (Å²) in [5.74, 6) is 0.754. The quantitative estimate of drug-likeness (QED) is 0.808. The Morgan fingerprint density at radius 3 is 2.57 bits per heavy atom. The van der Waals surface area contributed by atoms with Gasteiger partial charge >= 0.3 is 0 Å². The first kappa shape index (κ1) is 19.2. The molecule has 1 aliphatic heterocycles. The van der Waals surface area contributed by atoms with Gasteiger partial charge in [-0.3, -0.25) is 0 Å². The molecule has 0 radical (unpaired) electrons. The van der Waals surface area contributed by atoms with Crippen molar-refractivity contribution in [3.63, 3.8) is 0 Å². The van der Waals surface area contributed by atoms with Crippen LogP contribution in [0.25, 0.3) is 0 Å². The predicted molar refractivity (Wildman–Crippen MR) is 109 cm³/mol. The second-order valence-electron chi connectivity index (χ2n) is 7.72. The first-order valence-corrected chi connectivity index (χ1v) is 10.2. The second kappa shape index (κ2) is 8.50. The predicted octanol–water partition coefficient (Wildman–Crippen LogP) is 4.23. The molecule has 4 nitrogen and oxygen atoms in total. The Kier molecular flexibility index (Phi) is 5.83. The highest BCUT2D eigenvalue weighted by Crippen LogP contribution is 2.40. The third-order valence-electron chi connectivity index (χ3n) is 6.11. The molecule has 0 unspecified atom stereocenters. The highest BCUT2D eigenvalue weighted by molar-refractivity contribution is 5.54. The number of benzene rings is 2. The van der Waals surface area contributed by atoms with Gasteiger partial charge < -0.3 is 19.7 Å². The van der Waals surface area contributed by atoms with Gasteiger partial charge in [-0.1, -0.05) is 37.1 Å². The third kappa shape index (κ3) is 3.87. The van der Waals surface area contributed by atoms with Crippen LogP contribution in [0.2, 0.25) is 0 Å². The summed E-state index contributed by atoms with van der Waals surface area (Å²) < 4.78 is 25.7. The molecule has 0 amide bonds. The number of methoxy groups -OCH3 is 1. The van der Waals surface area contributed by atoms with Gasteiger partial charge in [0.05, 0.1) is 20.3 Å². The molecule has 1 aliphatic carbocycles. The molecule has 150 valence electrons. The van der Waals surface area contributed by atoms with Crippen molar-refractivity contribution >= 4 is 5.69 Å². The van der Waals surface area contributed by atoms with Gasteiger partial charge in [0.2, 0.25) is 0 Å². The maximum absolute atomic E-state index is 14.5. The van der Waals surface area contributed by atoms with E-state index in [1.807, 2.05) is 12.1 Å². The van der Waals surface area contributed by atoms with Crippen LogP contribution in [0.3, 0.4) is 0 Å². The van der Waals surface area contributed by atoms with Crippen LogP contribution in [0.1, 0.15) is 36.8 Å². The molecule has 0 aromatic heterocycles. The van der Waals surface area contributed by atoms with Gasteiger partial charge in [-0.05, 0) is 25.0 Å². The van der Waals surface area contributed by atoms with Crippen LogP contribution >= 0.6 is 0 Å². The Morgan fingerprint density at radius 2 is 1.86 bits per heavy atom. The van der Waals surface area contributed by atoms with E-state index in [1.165, 1.54) is 0 Å². The van der Waals surface area contributed by atoms with Crippen molar-refractivity contribution in [3.05, 3.63) is 59.4 Å². The summed E-state index contributed by atoms with van der Waals surface area (Å²) in [4.78, 5) is 2.32. The minimum absolute atomic E-state index is 0.119. The first-order chi connectivity index (χ1) is 13.7. The van der Waals surface area contributed by atoms with Gasteiger partial charge in [0.25, 0.3) is 0 Å². The number of anilines is 1. The summed E-state index contributed by atoms with van der Waals surface area (Å²) in [5.41, 5.74) is 2.76. The van der Waals surface area contributed by atoms with Crippen molar-refractivity contribution in [2.75, 3.05) is 38.3 Å². The van der Waals surface area contributed by atoms with Crippen LogP contribution in [0, 0.1) is 5.82 Å². The molecule has 4 rings (SSSR count). The largest absolute Gasteiger partial charge is 0.496 e. The molecule has 5 heteroatoms. The standard InChI is InChI=1S/C23H29FN2O2/c1-27-22-16-19(26-12-14-28-15-13-26)9-8-18(22)17-25-23(10-4-5-11-23)20-6-2-3-7-21(20)24/h2-3,6-9,16,25H,4-5,10-15,17H2,1H3. The van der Waals surface area contributed by atoms with Crippen molar-refractivity contribution in [1.82, 2.24) is 5.32 Å². The summed E-state index contributed by atoms with van der Waals surface area (Å²) in [6.07, 6.45) is 4.16.